The molecule has 1 aromatic carbocycles. The molecule has 0 aliphatic carbocycles. The lowest BCUT2D eigenvalue weighted by Gasteiger charge is -2.32. The first kappa shape index (κ1) is 14.8. The van der Waals surface area contributed by atoms with Crippen LogP contribution in [-0.2, 0) is 0 Å². The van der Waals surface area contributed by atoms with Crippen LogP contribution in [0.15, 0.2) is 24.3 Å². The van der Waals surface area contributed by atoms with Gasteiger partial charge < -0.3 is 16.0 Å². The zero-order chi connectivity index (χ0) is 13.2. The zero-order valence-electron chi connectivity index (χ0n) is 11.5. The maximum atomic E-state index is 6.06. The number of anilines is 2. The molecule has 3 rings (SSSR count). The molecular weight excluding hydrogens is 274 g/mol. The van der Waals surface area contributed by atoms with Crippen LogP contribution in [-0.4, -0.2) is 36.1 Å². The second-order valence-electron chi connectivity index (χ2n) is 5.03. The van der Waals surface area contributed by atoms with Crippen molar-refractivity contribution in [2.75, 3.05) is 30.8 Å². The van der Waals surface area contributed by atoms with Gasteiger partial charge in [-0.2, -0.15) is 0 Å². The van der Waals surface area contributed by atoms with Gasteiger partial charge in [0.1, 0.15) is 0 Å². The topological polar surface area (TPSA) is 67.1 Å². The molecule has 1 unspecified atom stereocenters. The zero-order valence-corrected chi connectivity index (χ0v) is 12.4. The van der Waals surface area contributed by atoms with Gasteiger partial charge in [0.15, 0.2) is 11.6 Å². The van der Waals surface area contributed by atoms with Crippen molar-refractivity contribution in [1.82, 2.24) is 15.3 Å². The van der Waals surface area contributed by atoms with Gasteiger partial charge >= 0.3 is 0 Å². The number of fused-ring (bicyclic) bond motifs is 1. The number of hydrogen-bond acceptors (Lipinski definition) is 5. The molecule has 0 spiro atoms. The summed E-state index contributed by atoms with van der Waals surface area (Å²) in [4.78, 5) is 11.3. The number of nitrogens with one attached hydrogen (secondary N) is 1. The normalized spacial score (nSPS) is 18.6. The minimum absolute atomic E-state index is 0. The van der Waals surface area contributed by atoms with E-state index in [1.807, 2.05) is 31.3 Å². The molecule has 0 amide bonds. The number of nitrogen functional groups attached to an aromatic ring is 1. The van der Waals surface area contributed by atoms with Crippen molar-refractivity contribution in [3.05, 3.63) is 24.3 Å². The number of nitrogens with two attached hydrogens (primary N) is 1. The third-order valence-corrected chi connectivity index (χ3v) is 3.73. The molecule has 1 atom stereocenters. The van der Waals surface area contributed by atoms with Crippen molar-refractivity contribution in [2.45, 2.75) is 18.9 Å². The lowest BCUT2D eigenvalue weighted by atomic mass is 10.1. The summed E-state index contributed by atoms with van der Waals surface area (Å²) >= 11 is 0. The molecule has 0 saturated carbocycles. The molecule has 2 aromatic rings. The summed E-state index contributed by atoms with van der Waals surface area (Å²) in [5.41, 5.74) is 7.80. The van der Waals surface area contributed by atoms with Gasteiger partial charge in [0.25, 0.3) is 0 Å². The van der Waals surface area contributed by atoms with Crippen LogP contribution in [0.1, 0.15) is 12.8 Å². The highest BCUT2D eigenvalue weighted by Crippen LogP contribution is 2.24. The standard InChI is InChI=1S/C14H19N5.ClH/c1-19(10-5-4-8-16-9-10)14-13(15)17-11-6-2-3-7-12(11)18-14;/h2-3,6-7,10,16H,4-5,8-9H2,1H3,(H2,15,17);1H. The Kier molecular flexibility index (Phi) is 4.62. The SMILES string of the molecule is CN(c1nc2ccccc2nc1N)C1CCCNC1.Cl. The van der Waals surface area contributed by atoms with E-state index in [1.165, 1.54) is 6.42 Å². The van der Waals surface area contributed by atoms with E-state index in [4.69, 9.17) is 5.73 Å². The van der Waals surface area contributed by atoms with Crippen molar-refractivity contribution in [3.63, 3.8) is 0 Å². The van der Waals surface area contributed by atoms with Crippen LogP contribution in [0.4, 0.5) is 11.6 Å². The Balaban J connectivity index is 0.00000147. The quantitative estimate of drug-likeness (QED) is 0.884. The largest absolute Gasteiger partial charge is 0.381 e. The highest BCUT2D eigenvalue weighted by molar-refractivity contribution is 5.85. The fourth-order valence-corrected chi connectivity index (χ4v) is 2.60. The van der Waals surface area contributed by atoms with Gasteiger partial charge in [0, 0.05) is 19.6 Å². The highest BCUT2D eigenvalue weighted by Gasteiger charge is 2.21. The predicted molar refractivity (Wildman–Crippen MR) is 85.5 cm³/mol. The lowest BCUT2D eigenvalue weighted by molar-refractivity contribution is 0.443. The molecule has 1 aliphatic heterocycles. The molecule has 3 N–H and O–H groups in total. The summed E-state index contributed by atoms with van der Waals surface area (Å²) in [6, 6.07) is 8.26. The van der Waals surface area contributed by atoms with E-state index >= 15 is 0 Å². The maximum absolute atomic E-state index is 6.06. The molecule has 1 fully saturated rings. The second kappa shape index (κ2) is 6.24. The number of likely N-dealkylation sites (N-methyl/N-ethyl adjacent to an activating group) is 1. The summed E-state index contributed by atoms with van der Waals surface area (Å²) < 4.78 is 0. The molecular formula is C14H20ClN5. The predicted octanol–water partition coefficient (Wildman–Crippen LogP) is 1.82. The molecule has 6 heteroatoms. The molecule has 5 nitrogen and oxygen atoms in total. The van der Waals surface area contributed by atoms with E-state index in [9.17, 15) is 0 Å². The maximum Gasteiger partial charge on any atom is 0.172 e. The molecule has 20 heavy (non-hydrogen) atoms. The number of benzene rings is 1. The number of para-hydroxylation sites is 2. The number of piperidine rings is 1. The van der Waals surface area contributed by atoms with E-state index < -0.39 is 0 Å². The number of nitrogens with zero attached hydrogens (tertiary/aromatic N) is 3. The molecule has 1 aliphatic rings. The Bertz CT molecular complexity index is 583. The van der Waals surface area contributed by atoms with Crippen LogP contribution in [0.2, 0.25) is 0 Å². The number of aromatic nitrogens is 2. The highest BCUT2D eigenvalue weighted by atomic mass is 35.5. The van der Waals surface area contributed by atoms with Crippen LogP contribution in [0.25, 0.3) is 11.0 Å². The molecule has 0 radical (unpaired) electrons. The lowest BCUT2D eigenvalue weighted by Crippen LogP contribution is -2.44. The van der Waals surface area contributed by atoms with E-state index in [-0.39, 0.29) is 12.4 Å². The van der Waals surface area contributed by atoms with Gasteiger partial charge in [-0.05, 0) is 31.5 Å². The average Bonchev–Trinajstić information content (AvgIpc) is 2.47. The number of halogens is 1. The van der Waals surface area contributed by atoms with Gasteiger partial charge in [-0.25, -0.2) is 9.97 Å². The summed E-state index contributed by atoms with van der Waals surface area (Å²) in [5, 5.41) is 3.41. The molecule has 2 heterocycles. The first-order chi connectivity index (χ1) is 9.25. The second-order valence-corrected chi connectivity index (χ2v) is 5.03. The van der Waals surface area contributed by atoms with Gasteiger partial charge in [0.05, 0.1) is 11.0 Å². The summed E-state index contributed by atoms with van der Waals surface area (Å²) in [5.74, 6) is 1.29. The van der Waals surface area contributed by atoms with Gasteiger partial charge in [-0.1, -0.05) is 12.1 Å². The van der Waals surface area contributed by atoms with E-state index in [0.717, 1.165) is 36.4 Å². The van der Waals surface area contributed by atoms with Crippen molar-refractivity contribution < 1.29 is 0 Å². The Morgan fingerprint density at radius 2 is 1.95 bits per heavy atom. The summed E-state index contributed by atoms with van der Waals surface area (Å²) in [7, 11) is 2.05. The number of rotatable bonds is 2. The van der Waals surface area contributed by atoms with E-state index in [2.05, 4.69) is 20.2 Å². The first-order valence-electron chi connectivity index (χ1n) is 6.71. The van der Waals surface area contributed by atoms with Gasteiger partial charge in [0.2, 0.25) is 0 Å². The molecule has 0 bridgehead atoms. The fourth-order valence-electron chi connectivity index (χ4n) is 2.60. The Morgan fingerprint density at radius 1 is 1.25 bits per heavy atom. The van der Waals surface area contributed by atoms with Crippen molar-refractivity contribution in [1.29, 1.82) is 0 Å². The minimum Gasteiger partial charge on any atom is -0.381 e. The molecule has 1 aromatic heterocycles. The van der Waals surface area contributed by atoms with Crippen LogP contribution in [0.5, 0.6) is 0 Å². The first-order valence-corrected chi connectivity index (χ1v) is 6.71. The third kappa shape index (κ3) is 2.78. The Hall–Kier alpha value is -1.59. The minimum atomic E-state index is 0. The fraction of sp³-hybridized carbons (Fsp3) is 0.429. The smallest absolute Gasteiger partial charge is 0.172 e. The van der Waals surface area contributed by atoms with Gasteiger partial charge in [-0.3, -0.25) is 0 Å². The van der Waals surface area contributed by atoms with E-state index in [1.54, 1.807) is 0 Å². The van der Waals surface area contributed by atoms with Crippen LogP contribution in [0, 0.1) is 0 Å². The Morgan fingerprint density at radius 3 is 2.60 bits per heavy atom. The average molecular weight is 294 g/mol. The number of hydrogen-bond donors (Lipinski definition) is 2. The molecule has 1 saturated heterocycles. The van der Waals surface area contributed by atoms with Crippen molar-refractivity contribution in [2.24, 2.45) is 0 Å². The van der Waals surface area contributed by atoms with Crippen LogP contribution < -0.4 is 16.0 Å². The summed E-state index contributed by atoms with van der Waals surface area (Å²) in [6.45, 7) is 2.08. The van der Waals surface area contributed by atoms with Crippen LogP contribution >= 0.6 is 12.4 Å². The van der Waals surface area contributed by atoms with Crippen molar-refractivity contribution in [3.8, 4) is 0 Å². The molecule has 108 valence electrons. The third-order valence-electron chi connectivity index (χ3n) is 3.73. The summed E-state index contributed by atoms with van der Waals surface area (Å²) in [6.07, 6.45) is 2.35. The van der Waals surface area contributed by atoms with E-state index in [0.29, 0.717) is 11.9 Å². The van der Waals surface area contributed by atoms with Crippen molar-refractivity contribution >= 4 is 35.1 Å². The van der Waals surface area contributed by atoms with Gasteiger partial charge in [-0.15, -0.1) is 12.4 Å². The van der Waals surface area contributed by atoms with Crippen LogP contribution in [0.3, 0.4) is 0 Å². The Labute approximate surface area is 125 Å². The monoisotopic (exact) mass is 293 g/mol.